The van der Waals surface area contributed by atoms with Crippen molar-refractivity contribution in [2.45, 2.75) is 12.7 Å². The number of carbonyl (C=O) groups is 2. The van der Waals surface area contributed by atoms with Crippen LogP contribution in [0.5, 0.6) is 0 Å². The molecule has 3 aromatic rings. The van der Waals surface area contributed by atoms with Crippen molar-refractivity contribution >= 4 is 29.1 Å². The van der Waals surface area contributed by atoms with E-state index in [0.717, 1.165) is 5.69 Å². The number of cyclic esters (lactones) is 1. The molecular weight excluding hydrogens is 396 g/mol. The molecule has 0 radical (unpaired) electrons. The van der Waals surface area contributed by atoms with E-state index < -0.39 is 6.09 Å². The van der Waals surface area contributed by atoms with Crippen LogP contribution in [0.15, 0.2) is 72.9 Å². The molecule has 3 N–H and O–H groups in total. The van der Waals surface area contributed by atoms with E-state index in [4.69, 9.17) is 15.2 Å². The minimum absolute atomic E-state index is 0.276. The van der Waals surface area contributed by atoms with Crippen LogP contribution in [0.1, 0.15) is 16.1 Å². The number of rotatable bonds is 7. The van der Waals surface area contributed by atoms with Gasteiger partial charge in [0.25, 0.3) is 5.91 Å². The van der Waals surface area contributed by atoms with Gasteiger partial charge in [-0.25, -0.2) is 4.79 Å². The number of hydrogen-bond donors (Lipinski definition) is 2. The van der Waals surface area contributed by atoms with Gasteiger partial charge in [0.05, 0.1) is 36.8 Å². The number of ether oxygens (including phenoxy) is 2. The summed E-state index contributed by atoms with van der Waals surface area (Å²) >= 11 is 0. The van der Waals surface area contributed by atoms with Crippen LogP contribution >= 0.6 is 0 Å². The van der Waals surface area contributed by atoms with Crippen molar-refractivity contribution in [3.05, 3.63) is 84.2 Å². The fourth-order valence-electron chi connectivity index (χ4n) is 3.20. The molecule has 31 heavy (non-hydrogen) atoms. The van der Waals surface area contributed by atoms with Gasteiger partial charge in [-0.3, -0.25) is 14.7 Å². The van der Waals surface area contributed by atoms with E-state index in [9.17, 15) is 9.59 Å². The molecule has 2 heterocycles. The number of nitrogens with zero attached hydrogens (tertiary/aromatic N) is 2. The molecule has 1 atom stereocenters. The molecule has 0 bridgehead atoms. The van der Waals surface area contributed by atoms with Gasteiger partial charge in [-0.2, -0.15) is 0 Å². The van der Waals surface area contributed by atoms with Gasteiger partial charge in [0, 0.05) is 17.4 Å². The predicted molar refractivity (Wildman–Crippen MR) is 117 cm³/mol. The molecule has 1 fully saturated rings. The number of anilines is 3. The lowest BCUT2D eigenvalue weighted by Gasteiger charge is -2.14. The topological polar surface area (TPSA) is 107 Å². The van der Waals surface area contributed by atoms with Crippen LogP contribution in [-0.4, -0.2) is 36.2 Å². The fourth-order valence-corrected chi connectivity index (χ4v) is 3.20. The molecule has 8 heteroatoms. The van der Waals surface area contributed by atoms with Crippen LogP contribution in [0.25, 0.3) is 0 Å². The van der Waals surface area contributed by atoms with Crippen molar-refractivity contribution in [2.24, 2.45) is 0 Å². The number of nitrogens with one attached hydrogen (secondary N) is 1. The largest absolute Gasteiger partial charge is 0.441 e. The lowest BCUT2D eigenvalue weighted by Crippen LogP contribution is -2.26. The number of hydrogen-bond acceptors (Lipinski definition) is 6. The Labute approximate surface area is 179 Å². The molecule has 4 rings (SSSR count). The van der Waals surface area contributed by atoms with Gasteiger partial charge in [0.15, 0.2) is 0 Å². The number of aromatic nitrogens is 1. The zero-order valence-corrected chi connectivity index (χ0v) is 16.7. The number of pyridine rings is 1. The van der Waals surface area contributed by atoms with E-state index in [-0.39, 0.29) is 18.6 Å². The lowest BCUT2D eigenvalue weighted by atomic mass is 10.1. The average Bonchev–Trinajstić information content (AvgIpc) is 3.16. The Morgan fingerprint density at radius 3 is 2.65 bits per heavy atom. The minimum Gasteiger partial charge on any atom is -0.441 e. The van der Waals surface area contributed by atoms with Crippen LogP contribution in [0, 0.1) is 0 Å². The van der Waals surface area contributed by atoms with Crippen molar-refractivity contribution in [1.29, 1.82) is 0 Å². The van der Waals surface area contributed by atoms with Crippen LogP contribution in [0.4, 0.5) is 21.9 Å². The first-order chi connectivity index (χ1) is 15.1. The fraction of sp³-hybridized carbons (Fsp3) is 0.174. The van der Waals surface area contributed by atoms with Gasteiger partial charge in [-0.15, -0.1) is 0 Å². The maximum absolute atomic E-state index is 12.5. The van der Waals surface area contributed by atoms with E-state index in [1.807, 2.05) is 18.2 Å². The smallest absolute Gasteiger partial charge is 0.414 e. The molecule has 1 aliphatic heterocycles. The molecule has 1 saturated heterocycles. The maximum atomic E-state index is 12.5. The second kappa shape index (κ2) is 9.27. The van der Waals surface area contributed by atoms with E-state index in [0.29, 0.717) is 35.8 Å². The van der Waals surface area contributed by atoms with Gasteiger partial charge in [0.1, 0.15) is 6.10 Å². The molecule has 2 amide bonds. The van der Waals surface area contributed by atoms with Gasteiger partial charge in [0.2, 0.25) is 0 Å². The van der Waals surface area contributed by atoms with Crippen molar-refractivity contribution in [3.63, 3.8) is 0 Å². The third-order valence-electron chi connectivity index (χ3n) is 4.80. The molecular formula is C23H22N4O4. The summed E-state index contributed by atoms with van der Waals surface area (Å²) in [6, 6.07) is 19.4. The maximum Gasteiger partial charge on any atom is 0.414 e. The highest BCUT2D eigenvalue weighted by Crippen LogP contribution is 2.23. The number of carbonyl (C=O) groups excluding carboxylic acids is 2. The van der Waals surface area contributed by atoms with Gasteiger partial charge in [-0.1, -0.05) is 18.2 Å². The van der Waals surface area contributed by atoms with Gasteiger partial charge in [-0.05, 0) is 48.5 Å². The second-order valence-electron chi connectivity index (χ2n) is 7.04. The number of benzene rings is 2. The molecule has 1 aromatic heterocycles. The first-order valence-corrected chi connectivity index (χ1v) is 9.82. The third-order valence-corrected chi connectivity index (χ3v) is 4.80. The standard InChI is InChI=1S/C23H22N4O4/c24-20-6-1-2-7-21(20)26-22(28)16-8-10-18(11-9-16)27-13-19(31-23(27)29)15-30-14-17-5-3-4-12-25-17/h1-12,19H,13-15,24H2,(H,26,28). The van der Waals surface area contributed by atoms with Crippen LogP contribution in [0.2, 0.25) is 0 Å². The number of para-hydroxylation sites is 2. The highest BCUT2D eigenvalue weighted by molar-refractivity contribution is 6.06. The molecule has 8 nitrogen and oxygen atoms in total. The Morgan fingerprint density at radius 1 is 1.13 bits per heavy atom. The number of nitrogen functional groups attached to an aromatic ring is 1. The quantitative estimate of drug-likeness (QED) is 0.569. The zero-order valence-electron chi connectivity index (χ0n) is 16.7. The minimum atomic E-state index is -0.444. The third kappa shape index (κ3) is 4.99. The molecule has 0 aliphatic carbocycles. The summed E-state index contributed by atoms with van der Waals surface area (Å²) in [5, 5.41) is 2.78. The Bertz CT molecular complexity index is 1060. The van der Waals surface area contributed by atoms with Crippen LogP contribution in [0.3, 0.4) is 0 Å². The van der Waals surface area contributed by atoms with Crippen LogP contribution < -0.4 is 16.0 Å². The average molecular weight is 418 g/mol. The lowest BCUT2D eigenvalue weighted by molar-refractivity contribution is 0.0369. The Hall–Kier alpha value is -3.91. The normalized spacial score (nSPS) is 15.5. The second-order valence-corrected chi connectivity index (χ2v) is 7.04. The van der Waals surface area contributed by atoms with Crippen LogP contribution in [-0.2, 0) is 16.1 Å². The Kier molecular flexibility index (Phi) is 6.09. The first kappa shape index (κ1) is 20.4. The molecule has 2 aromatic carbocycles. The molecule has 1 unspecified atom stereocenters. The predicted octanol–water partition coefficient (Wildman–Crippen LogP) is 3.46. The summed E-state index contributed by atoms with van der Waals surface area (Å²) in [5.74, 6) is -0.283. The summed E-state index contributed by atoms with van der Waals surface area (Å²) in [7, 11) is 0. The van der Waals surface area contributed by atoms with E-state index in [1.165, 1.54) is 4.90 Å². The summed E-state index contributed by atoms with van der Waals surface area (Å²) in [6.07, 6.45) is 0.885. The van der Waals surface area contributed by atoms with E-state index in [2.05, 4.69) is 10.3 Å². The zero-order chi connectivity index (χ0) is 21.6. The Balaban J connectivity index is 1.32. The van der Waals surface area contributed by atoms with Crippen molar-refractivity contribution in [1.82, 2.24) is 4.98 Å². The summed E-state index contributed by atoms with van der Waals surface area (Å²) in [5.41, 5.74) is 8.82. The highest BCUT2D eigenvalue weighted by atomic mass is 16.6. The number of amides is 2. The molecule has 0 saturated carbocycles. The van der Waals surface area contributed by atoms with E-state index in [1.54, 1.807) is 54.7 Å². The number of nitrogens with two attached hydrogens (primary N) is 1. The SMILES string of the molecule is Nc1ccccc1NC(=O)c1ccc(N2CC(COCc3ccccn3)OC2=O)cc1. The molecule has 0 spiro atoms. The van der Waals surface area contributed by atoms with Crippen molar-refractivity contribution in [2.75, 3.05) is 29.1 Å². The van der Waals surface area contributed by atoms with Gasteiger partial charge >= 0.3 is 6.09 Å². The van der Waals surface area contributed by atoms with Crippen molar-refractivity contribution < 1.29 is 19.1 Å². The molecule has 1 aliphatic rings. The summed E-state index contributed by atoms with van der Waals surface area (Å²) in [4.78, 5) is 30.4. The first-order valence-electron chi connectivity index (χ1n) is 9.82. The highest BCUT2D eigenvalue weighted by Gasteiger charge is 2.32. The van der Waals surface area contributed by atoms with E-state index >= 15 is 0 Å². The monoisotopic (exact) mass is 418 g/mol. The van der Waals surface area contributed by atoms with Crippen molar-refractivity contribution in [3.8, 4) is 0 Å². The van der Waals surface area contributed by atoms with Gasteiger partial charge < -0.3 is 20.5 Å². The summed E-state index contributed by atoms with van der Waals surface area (Å²) in [6.45, 7) is 0.996. The molecule has 158 valence electrons. The Morgan fingerprint density at radius 2 is 1.90 bits per heavy atom. The summed E-state index contributed by atoms with van der Waals surface area (Å²) < 4.78 is 11.0.